The van der Waals surface area contributed by atoms with Crippen LogP contribution in [-0.2, 0) is 0 Å². The maximum Gasteiger partial charge on any atom is 0.260 e. The Kier molecular flexibility index (Phi) is 7.44. The van der Waals surface area contributed by atoms with E-state index in [9.17, 15) is 4.79 Å². The Morgan fingerprint density at radius 3 is 2.59 bits per heavy atom. The molecule has 0 aliphatic heterocycles. The minimum absolute atomic E-state index is 0. The van der Waals surface area contributed by atoms with Gasteiger partial charge in [0.15, 0.2) is 5.13 Å². The molecule has 5 nitrogen and oxygen atoms in total. The van der Waals surface area contributed by atoms with E-state index in [-0.39, 0.29) is 18.3 Å². The first-order valence-electron chi connectivity index (χ1n) is 8.15. The topological polar surface area (TPSA) is 45.7 Å². The van der Waals surface area contributed by atoms with Gasteiger partial charge in [0.05, 0.1) is 16.8 Å². The van der Waals surface area contributed by atoms with Crippen LogP contribution in [0.3, 0.4) is 0 Å². The molecule has 0 aliphatic rings. The number of aromatic nitrogens is 1. The van der Waals surface area contributed by atoms with Crippen LogP contribution in [0.15, 0.2) is 42.5 Å². The maximum atomic E-state index is 13.2. The summed E-state index contributed by atoms with van der Waals surface area (Å²) >= 11 is 7.72. The number of benzene rings is 2. The van der Waals surface area contributed by atoms with Crippen molar-refractivity contribution in [3.05, 3.63) is 53.1 Å². The van der Waals surface area contributed by atoms with Gasteiger partial charge in [-0.25, -0.2) is 4.98 Å². The molecule has 27 heavy (non-hydrogen) atoms. The Bertz CT molecular complexity index is 930. The lowest BCUT2D eigenvalue weighted by Crippen LogP contribution is -2.36. The van der Waals surface area contributed by atoms with Crippen LogP contribution >= 0.6 is 35.3 Å². The van der Waals surface area contributed by atoms with E-state index >= 15 is 0 Å². The monoisotopic (exact) mass is 425 g/mol. The predicted molar refractivity (Wildman–Crippen MR) is 115 cm³/mol. The molecule has 0 unspecified atom stereocenters. The van der Waals surface area contributed by atoms with Crippen LogP contribution in [0, 0.1) is 0 Å². The van der Waals surface area contributed by atoms with Crippen LogP contribution in [-0.4, -0.2) is 50.1 Å². The molecule has 0 spiro atoms. The normalized spacial score (nSPS) is 10.7. The molecule has 0 fully saturated rings. The van der Waals surface area contributed by atoms with Gasteiger partial charge in [0.1, 0.15) is 11.3 Å². The van der Waals surface area contributed by atoms with Crippen molar-refractivity contribution in [1.82, 2.24) is 9.88 Å². The fraction of sp³-hybridized carbons (Fsp3) is 0.263. The molecular formula is C19H21Cl2N3O2S. The van der Waals surface area contributed by atoms with E-state index in [2.05, 4.69) is 4.98 Å². The lowest BCUT2D eigenvalue weighted by Gasteiger charge is -2.22. The second-order valence-electron chi connectivity index (χ2n) is 6.08. The molecule has 0 bridgehead atoms. The Balaban J connectivity index is 0.00000261. The van der Waals surface area contributed by atoms with Crippen molar-refractivity contribution in [1.29, 1.82) is 0 Å². The molecule has 0 saturated carbocycles. The molecule has 0 atom stereocenters. The number of para-hydroxylation sites is 1. The molecule has 0 N–H and O–H groups in total. The molecule has 1 heterocycles. The first-order chi connectivity index (χ1) is 12.5. The smallest absolute Gasteiger partial charge is 0.260 e. The standard InChI is InChI=1S/C19H20ClN3O2S.ClH/c1-22(2)10-11-23(18(24)13-6-4-7-14(12-13)25-3)19-21-17-15(20)8-5-9-16(17)26-19;/h4-9,12H,10-11H2,1-3H3;1H. The largest absolute Gasteiger partial charge is 0.497 e. The van der Waals surface area contributed by atoms with Crippen LogP contribution in [0.4, 0.5) is 5.13 Å². The third-order valence-corrected chi connectivity index (χ3v) is 5.27. The van der Waals surface area contributed by atoms with Gasteiger partial charge in [-0.3, -0.25) is 9.69 Å². The Morgan fingerprint density at radius 1 is 1.19 bits per heavy atom. The number of hydrogen-bond donors (Lipinski definition) is 0. The van der Waals surface area contributed by atoms with E-state index in [1.165, 1.54) is 11.3 Å². The van der Waals surface area contributed by atoms with Crippen molar-refractivity contribution in [3.8, 4) is 5.75 Å². The quantitative estimate of drug-likeness (QED) is 0.579. The molecule has 0 saturated heterocycles. The van der Waals surface area contributed by atoms with Gasteiger partial charge in [0.25, 0.3) is 5.91 Å². The van der Waals surface area contributed by atoms with Crippen LogP contribution in [0.5, 0.6) is 5.75 Å². The zero-order valence-corrected chi connectivity index (χ0v) is 17.7. The second kappa shape index (κ2) is 9.37. The van der Waals surface area contributed by atoms with E-state index < -0.39 is 0 Å². The number of carbonyl (C=O) groups excluding carboxylic acids is 1. The maximum absolute atomic E-state index is 13.2. The van der Waals surface area contributed by atoms with Crippen molar-refractivity contribution < 1.29 is 9.53 Å². The van der Waals surface area contributed by atoms with Crippen molar-refractivity contribution in [2.24, 2.45) is 0 Å². The summed E-state index contributed by atoms with van der Waals surface area (Å²) in [5, 5.41) is 1.23. The molecule has 144 valence electrons. The number of amides is 1. The zero-order chi connectivity index (χ0) is 18.7. The van der Waals surface area contributed by atoms with Crippen molar-refractivity contribution in [2.75, 3.05) is 39.2 Å². The van der Waals surface area contributed by atoms with Crippen LogP contribution in [0.25, 0.3) is 10.2 Å². The molecule has 1 aromatic heterocycles. The van der Waals surface area contributed by atoms with E-state index in [1.807, 2.05) is 43.3 Å². The third kappa shape index (κ3) is 4.90. The first-order valence-corrected chi connectivity index (χ1v) is 9.34. The van der Waals surface area contributed by atoms with Crippen LogP contribution < -0.4 is 9.64 Å². The number of likely N-dealkylation sites (N-methyl/N-ethyl adjacent to an activating group) is 1. The minimum Gasteiger partial charge on any atom is -0.497 e. The molecule has 0 radical (unpaired) electrons. The van der Waals surface area contributed by atoms with Gasteiger partial charge >= 0.3 is 0 Å². The number of fused-ring (bicyclic) bond motifs is 1. The molecule has 0 aliphatic carbocycles. The summed E-state index contributed by atoms with van der Waals surface area (Å²) in [5.74, 6) is 0.539. The summed E-state index contributed by atoms with van der Waals surface area (Å²) in [4.78, 5) is 21.5. The van der Waals surface area contributed by atoms with Crippen LogP contribution in [0.2, 0.25) is 5.02 Å². The Morgan fingerprint density at radius 2 is 1.93 bits per heavy atom. The average Bonchev–Trinajstić information content (AvgIpc) is 3.07. The van der Waals surface area contributed by atoms with Crippen molar-refractivity contribution in [3.63, 3.8) is 0 Å². The lowest BCUT2D eigenvalue weighted by atomic mass is 10.2. The van der Waals surface area contributed by atoms with Crippen molar-refractivity contribution in [2.45, 2.75) is 0 Å². The van der Waals surface area contributed by atoms with E-state index in [1.54, 1.807) is 30.2 Å². The molecule has 3 rings (SSSR count). The molecule has 8 heteroatoms. The summed E-state index contributed by atoms with van der Waals surface area (Å²) < 4.78 is 6.20. The Labute approximate surface area is 173 Å². The number of nitrogens with zero attached hydrogens (tertiary/aromatic N) is 3. The number of methoxy groups -OCH3 is 1. The number of hydrogen-bond acceptors (Lipinski definition) is 5. The van der Waals surface area contributed by atoms with Gasteiger partial charge in [-0.1, -0.05) is 35.1 Å². The average molecular weight is 426 g/mol. The van der Waals surface area contributed by atoms with Crippen molar-refractivity contribution >= 4 is 56.6 Å². The number of thiazole rings is 1. The van der Waals surface area contributed by atoms with Gasteiger partial charge in [-0.05, 0) is 44.4 Å². The number of anilines is 1. The molecule has 1 amide bonds. The lowest BCUT2D eigenvalue weighted by molar-refractivity contribution is 0.0985. The highest BCUT2D eigenvalue weighted by Crippen LogP contribution is 2.33. The SMILES string of the molecule is COc1cccc(C(=O)N(CCN(C)C)c2nc3c(Cl)cccc3s2)c1.Cl. The molecular weight excluding hydrogens is 405 g/mol. The van der Waals surface area contributed by atoms with Gasteiger partial charge in [0.2, 0.25) is 0 Å². The van der Waals surface area contributed by atoms with E-state index in [0.29, 0.717) is 28.0 Å². The summed E-state index contributed by atoms with van der Waals surface area (Å²) in [6.45, 7) is 1.25. The highest BCUT2D eigenvalue weighted by molar-refractivity contribution is 7.22. The van der Waals surface area contributed by atoms with E-state index in [4.69, 9.17) is 16.3 Å². The minimum atomic E-state index is -0.110. The van der Waals surface area contributed by atoms with Gasteiger partial charge in [0, 0.05) is 18.7 Å². The first kappa shape index (κ1) is 21.4. The Hall–Kier alpha value is -1.86. The molecule has 3 aromatic rings. The van der Waals surface area contributed by atoms with Crippen LogP contribution in [0.1, 0.15) is 10.4 Å². The van der Waals surface area contributed by atoms with Gasteiger partial charge in [-0.2, -0.15) is 0 Å². The summed E-state index contributed by atoms with van der Waals surface area (Å²) in [7, 11) is 5.54. The summed E-state index contributed by atoms with van der Waals surface area (Å²) in [6.07, 6.45) is 0. The van der Waals surface area contributed by atoms with E-state index in [0.717, 1.165) is 16.8 Å². The zero-order valence-electron chi connectivity index (χ0n) is 15.3. The fourth-order valence-corrected chi connectivity index (χ4v) is 3.80. The summed E-state index contributed by atoms with van der Waals surface area (Å²) in [6, 6.07) is 12.8. The highest BCUT2D eigenvalue weighted by atomic mass is 35.5. The number of halogens is 2. The third-order valence-electron chi connectivity index (χ3n) is 3.92. The fourth-order valence-electron chi connectivity index (χ4n) is 2.51. The molecule has 2 aromatic carbocycles. The number of carbonyl (C=O) groups is 1. The second-order valence-corrected chi connectivity index (χ2v) is 7.49. The van der Waals surface area contributed by atoms with Gasteiger partial charge in [-0.15, -0.1) is 12.4 Å². The number of rotatable bonds is 6. The van der Waals surface area contributed by atoms with Gasteiger partial charge < -0.3 is 9.64 Å². The summed E-state index contributed by atoms with van der Waals surface area (Å²) in [5.41, 5.74) is 1.29. The highest BCUT2D eigenvalue weighted by Gasteiger charge is 2.22. The number of ether oxygens (including phenoxy) is 1. The predicted octanol–water partition coefficient (Wildman–Crippen LogP) is 4.59.